The van der Waals surface area contributed by atoms with Crippen LogP contribution in [-0.2, 0) is 30.3 Å². The van der Waals surface area contributed by atoms with E-state index in [0.717, 1.165) is 6.33 Å². The van der Waals surface area contributed by atoms with Crippen LogP contribution in [0.25, 0.3) is 22.2 Å². The quantitative estimate of drug-likeness (QED) is 0.131. The van der Waals surface area contributed by atoms with E-state index in [9.17, 15) is 24.7 Å². The van der Waals surface area contributed by atoms with Crippen LogP contribution in [0.5, 0.6) is 0 Å². The van der Waals surface area contributed by atoms with Crippen molar-refractivity contribution >= 4 is 46.7 Å². The van der Waals surface area contributed by atoms with Gasteiger partial charge >= 0.3 is 6.72 Å². The van der Waals surface area contributed by atoms with Gasteiger partial charge < -0.3 is 48.9 Å². The van der Waals surface area contributed by atoms with Gasteiger partial charge in [-0.1, -0.05) is 0 Å². The lowest BCUT2D eigenvalue weighted by Gasteiger charge is -2.28. The lowest BCUT2D eigenvalue weighted by molar-refractivity contribution is -0.0687. The maximum atomic E-state index is 15.1. The highest BCUT2D eigenvalue weighted by Crippen LogP contribution is 2.58. The van der Waals surface area contributed by atoms with Crippen molar-refractivity contribution in [2.24, 2.45) is 5.92 Å². The number of halogens is 1. The Hall–Kier alpha value is -3.13. The number of H-pyrrole nitrogens is 2. The monoisotopic (exact) mass is 612 g/mol. The number of aromatic amines is 2. The summed E-state index contributed by atoms with van der Waals surface area (Å²) in [4.78, 5) is 52.0. The normalized spacial score (nSPS) is 34.3. The van der Waals surface area contributed by atoms with Crippen LogP contribution in [0.3, 0.4) is 0 Å². The van der Waals surface area contributed by atoms with Gasteiger partial charge in [-0.2, -0.15) is 4.98 Å². The smallest absolute Gasteiger partial charge is 0.325 e. The lowest BCUT2D eigenvalue weighted by Crippen LogP contribution is -2.32. The first-order chi connectivity index (χ1) is 19.5. The number of aliphatic hydroxyl groups excluding tert-OH is 2. The molecule has 4 aromatic heterocycles. The number of aliphatic hydroxyl groups is 2. The number of hydrogen-bond donors (Lipinski definition) is 6. The highest BCUT2D eigenvalue weighted by molar-refractivity contribution is 8.07. The van der Waals surface area contributed by atoms with Gasteiger partial charge in [0.25, 0.3) is 11.1 Å². The van der Waals surface area contributed by atoms with E-state index in [-0.39, 0.29) is 28.1 Å². The third-order valence-electron chi connectivity index (χ3n) is 7.39. The molecule has 20 heteroatoms. The topological polar surface area (TPSA) is 238 Å². The summed E-state index contributed by atoms with van der Waals surface area (Å²) in [5, 5.41) is 20.9. The van der Waals surface area contributed by atoms with Crippen molar-refractivity contribution in [3.63, 3.8) is 0 Å². The van der Waals surface area contributed by atoms with Crippen molar-refractivity contribution in [1.82, 2.24) is 34.1 Å². The third-order valence-corrected chi connectivity index (χ3v) is 8.95. The molecule has 1 saturated carbocycles. The Labute approximate surface area is 231 Å². The number of aromatic nitrogens is 7. The molecule has 7 N–H and O–H groups in total. The Kier molecular flexibility index (Phi) is 6.16. The molecule has 17 nitrogen and oxygen atoms in total. The van der Waals surface area contributed by atoms with Gasteiger partial charge in [-0.15, -0.1) is 0 Å². The molecule has 0 bridgehead atoms. The van der Waals surface area contributed by atoms with Gasteiger partial charge in [0.1, 0.15) is 24.0 Å². The number of rotatable bonds is 7. The fourth-order valence-corrected chi connectivity index (χ4v) is 6.78. The molecule has 4 unspecified atom stereocenters. The average Bonchev–Trinajstić information content (AvgIpc) is 3.40. The number of nitrogens with zero attached hydrogens (tertiary/aromatic N) is 5. The van der Waals surface area contributed by atoms with Gasteiger partial charge in [0.15, 0.2) is 29.8 Å². The second-order valence-electron chi connectivity index (χ2n) is 9.86. The minimum absolute atomic E-state index is 0.0136. The number of ether oxygens (including phenoxy) is 2. The maximum Gasteiger partial charge on any atom is 0.325 e. The van der Waals surface area contributed by atoms with E-state index in [0.29, 0.717) is 0 Å². The van der Waals surface area contributed by atoms with E-state index in [1.807, 2.05) is 0 Å². The Bertz CT molecular complexity index is 1830. The molecule has 7 rings (SSSR count). The van der Waals surface area contributed by atoms with E-state index in [4.69, 9.17) is 36.1 Å². The number of nitrogens with one attached hydrogen (secondary N) is 2. The number of nitrogen functional groups attached to an aromatic ring is 1. The summed E-state index contributed by atoms with van der Waals surface area (Å²) in [6.45, 7) is -4.65. The minimum atomic E-state index is -4.10. The molecule has 6 heterocycles. The number of hydrogen-bond acceptors (Lipinski definition) is 13. The van der Waals surface area contributed by atoms with Gasteiger partial charge in [0.2, 0.25) is 5.95 Å². The molecule has 10 atom stereocenters. The molecule has 218 valence electrons. The van der Waals surface area contributed by atoms with E-state index < -0.39 is 79.5 Å². The van der Waals surface area contributed by atoms with Gasteiger partial charge in [0.05, 0.1) is 36.9 Å². The fraction of sp³-hybridized carbons (Fsp3) is 0.476. The molecule has 4 aromatic rings. The Balaban J connectivity index is 1.07. The summed E-state index contributed by atoms with van der Waals surface area (Å²) in [7, 11) is 0. The molecule has 2 saturated heterocycles. The maximum absolute atomic E-state index is 15.1. The Morgan fingerprint density at radius 3 is 2.76 bits per heavy atom. The van der Waals surface area contributed by atoms with Crippen molar-refractivity contribution in [3.05, 3.63) is 45.6 Å². The fourth-order valence-electron chi connectivity index (χ4n) is 5.35. The number of nitrogens with two attached hydrogens (primary N) is 1. The van der Waals surface area contributed by atoms with Crippen LogP contribution < -0.4 is 16.9 Å². The molecule has 0 spiro atoms. The summed E-state index contributed by atoms with van der Waals surface area (Å²) < 4.78 is 40.5. The third kappa shape index (κ3) is 4.32. The first kappa shape index (κ1) is 26.7. The molecule has 3 fully saturated rings. The summed E-state index contributed by atoms with van der Waals surface area (Å²) in [6, 6.07) is 1.44. The highest BCUT2D eigenvalue weighted by Gasteiger charge is 2.66. The number of alkyl halides is 1. The molecular formula is C21H22FN8O9PS. The number of imidazole rings is 1. The van der Waals surface area contributed by atoms with Crippen molar-refractivity contribution in [3.8, 4) is 0 Å². The summed E-state index contributed by atoms with van der Waals surface area (Å²) in [5.74, 6) is -0.740. The molecule has 2 aliphatic heterocycles. The van der Waals surface area contributed by atoms with E-state index >= 15 is 4.39 Å². The van der Waals surface area contributed by atoms with Crippen molar-refractivity contribution in [2.75, 3.05) is 12.3 Å². The average molecular weight is 612 g/mol. The predicted octanol–water partition coefficient (Wildman–Crippen LogP) is -1.46. The SMILES string of the molecule is Nc1nc2c(ncn2[C@@H]2O[C@@H]3C(O)C3C2OP(O)(=S)OC[C@H]2O[C@@H](n3ccc4c(=O)[nH]cnc43)[C@@H](F)[C@@H]2O)c(=O)[nH]1. The molecule has 0 aromatic carbocycles. The first-order valence-electron chi connectivity index (χ1n) is 12.3. The van der Waals surface area contributed by atoms with Crippen LogP contribution in [0.15, 0.2) is 34.5 Å². The Morgan fingerprint density at radius 2 is 1.95 bits per heavy atom. The molecule has 3 aliphatic rings. The van der Waals surface area contributed by atoms with Crippen LogP contribution in [0.4, 0.5) is 10.3 Å². The minimum Gasteiger partial charge on any atom is -0.390 e. The van der Waals surface area contributed by atoms with Crippen molar-refractivity contribution in [2.45, 2.75) is 49.1 Å². The van der Waals surface area contributed by atoms with Crippen LogP contribution in [0.1, 0.15) is 12.5 Å². The van der Waals surface area contributed by atoms with E-state index in [1.54, 1.807) is 0 Å². The van der Waals surface area contributed by atoms with Gasteiger partial charge in [0, 0.05) is 12.1 Å². The predicted molar refractivity (Wildman–Crippen MR) is 138 cm³/mol. The molecular weight excluding hydrogens is 590 g/mol. The largest absolute Gasteiger partial charge is 0.390 e. The van der Waals surface area contributed by atoms with Gasteiger partial charge in [-0.3, -0.25) is 19.1 Å². The highest BCUT2D eigenvalue weighted by atomic mass is 32.5. The Morgan fingerprint density at radius 1 is 1.15 bits per heavy atom. The molecule has 0 amide bonds. The summed E-state index contributed by atoms with van der Waals surface area (Å²) >= 11 is 5.18. The molecule has 41 heavy (non-hydrogen) atoms. The van der Waals surface area contributed by atoms with Crippen LogP contribution in [-0.4, -0.2) is 92.5 Å². The number of fused-ring (bicyclic) bond motifs is 3. The molecule has 0 radical (unpaired) electrons. The van der Waals surface area contributed by atoms with Gasteiger partial charge in [-0.05, 0) is 17.9 Å². The van der Waals surface area contributed by atoms with Crippen LogP contribution in [0.2, 0.25) is 0 Å². The second-order valence-corrected chi connectivity index (χ2v) is 12.7. The standard InChI is InChI=1S/C21H22FN8O9PS/c22-9-11(31)7(37-19(9)29-2-1-6-15(29)24-4-25-17(6)33)3-36-40(35,41)39-14-8-12(32)13(8)38-20(14)30-5-26-10-16(30)27-21(23)28-18(10)34/h1-2,4-5,7-9,11-14,19-20,31-32H,3H2,(H,35,41)(H,24,25,33)(H3,23,27,28,34)/t7-,8?,9+,11-,12?,13+,14?,19-,20-,40?/m1/s1. The van der Waals surface area contributed by atoms with Crippen molar-refractivity contribution in [1.29, 1.82) is 0 Å². The van der Waals surface area contributed by atoms with Gasteiger partial charge in [-0.25, -0.2) is 14.4 Å². The van der Waals surface area contributed by atoms with E-state index in [2.05, 4.69) is 24.9 Å². The summed E-state index contributed by atoms with van der Waals surface area (Å²) in [6.07, 6.45) is -5.92. The van der Waals surface area contributed by atoms with Crippen LogP contribution in [0, 0.1) is 5.92 Å². The zero-order valence-electron chi connectivity index (χ0n) is 20.6. The lowest BCUT2D eigenvalue weighted by atomic mass is 10.1. The van der Waals surface area contributed by atoms with Crippen LogP contribution >= 0.6 is 6.72 Å². The molecule has 1 aliphatic carbocycles. The zero-order chi connectivity index (χ0) is 28.8. The van der Waals surface area contributed by atoms with Crippen molar-refractivity contribution < 1.29 is 38.0 Å². The van der Waals surface area contributed by atoms with E-state index in [1.165, 1.54) is 27.7 Å². The summed E-state index contributed by atoms with van der Waals surface area (Å²) in [5.41, 5.74) is 4.90. The number of anilines is 1. The zero-order valence-corrected chi connectivity index (χ0v) is 22.3. The second kappa shape index (κ2) is 9.45. The first-order valence-corrected chi connectivity index (χ1v) is 14.9.